The van der Waals surface area contributed by atoms with Crippen LogP contribution in [0.25, 0.3) is 0 Å². The maximum atomic E-state index is 10.7. The summed E-state index contributed by atoms with van der Waals surface area (Å²) in [6.07, 6.45) is 0. The molecule has 0 saturated heterocycles. The van der Waals surface area contributed by atoms with Crippen LogP contribution in [0.15, 0.2) is 24.3 Å². The van der Waals surface area contributed by atoms with Crippen LogP contribution in [0.3, 0.4) is 0 Å². The van der Waals surface area contributed by atoms with Crippen LogP contribution in [0.4, 0.5) is 5.69 Å². The van der Waals surface area contributed by atoms with Gasteiger partial charge in [-0.25, -0.2) is 4.79 Å². The molecule has 0 heterocycles. The topological polar surface area (TPSA) is 40.5 Å². The van der Waals surface area contributed by atoms with E-state index in [4.69, 9.17) is 16.7 Å². The zero-order valence-electron chi connectivity index (χ0n) is 8.07. The van der Waals surface area contributed by atoms with E-state index in [2.05, 4.69) is 0 Å². The van der Waals surface area contributed by atoms with E-state index in [9.17, 15) is 4.79 Å². The standard InChI is InChI=1S/C10H12ClNO2/c1-7(10(13)14)12(2)9-5-3-8(11)4-6-9/h3-7H,1-2H3,(H,13,14)/t7-/m0/s1. The Labute approximate surface area is 87.9 Å². The zero-order valence-corrected chi connectivity index (χ0v) is 8.82. The van der Waals surface area contributed by atoms with Gasteiger partial charge in [0.2, 0.25) is 0 Å². The number of anilines is 1. The highest BCUT2D eigenvalue weighted by molar-refractivity contribution is 6.30. The smallest absolute Gasteiger partial charge is 0.326 e. The van der Waals surface area contributed by atoms with Crippen LogP contribution < -0.4 is 4.90 Å². The molecule has 0 aliphatic heterocycles. The number of carboxylic acids is 1. The van der Waals surface area contributed by atoms with Crippen molar-refractivity contribution in [2.45, 2.75) is 13.0 Å². The molecule has 0 aliphatic rings. The fraction of sp³-hybridized carbons (Fsp3) is 0.300. The van der Waals surface area contributed by atoms with E-state index in [0.717, 1.165) is 5.69 Å². The van der Waals surface area contributed by atoms with Crippen LogP contribution in [-0.2, 0) is 4.79 Å². The van der Waals surface area contributed by atoms with Crippen molar-refractivity contribution in [3.05, 3.63) is 29.3 Å². The van der Waals surface area contributed by atoms with Gasteiger partial charge in [0.25, 0.3) is 0 Å². The predicted molar refractivity (Wildman–Crippen MR) is 57.0 cm³/mol. The second-order valence-corrected chi connectivity index (χ2v) is 3.54. The number of rotatable bonds is 3. The number of carboxylic acid groups (broad SMARTS) is 1. The normalized spacial score (nSPS) is 12.2. The van der Waals surface area contributed by atoms with Gasteiger partial charge in [0, 0.05) is 17.8 Å². The molecule has 0 bridgehead atoms. The van der Waals surface area contributed by atoms with E-state index in [1.807, 2.05) is 0 Å². The molecule has 0 unspecified atom stereocenters. The fourth-order valence-corrected chi connectivity index (χ4v) is 1.19. The number of aliphatic carboxylic acids is 1. The average molecular weight is 214 g/mol. The number of carbonyl (C=O) groups is 1. The van der Waals surface area contributed by atoms with Gasteiger partial charge >= 0.3 is 5.97 Å². The first-order valence-electron chi connectivity index (χ1n) is 4.23. The number of hydrogen-bond donors (Lipinski definition) is 1. The average Bonchev–Trinajstić information content (AvgIpc) is 2.16. The van der Waals surface area contributed by atoms with E-state index < -0.39 is 12.0 Å². The molecule has 0 fully saturated rings. The largest absolute Gasteiger partial charge is 0.480 e. The summed E-state index contributed by atoms with van der Waals surface area (Å²) in [5.41, 5.74) is 0.837. The second kappa shape index (κ2) is 4.33. The van der Waals surface area contributed by atoms with Crippen LogP contribution in [-0.4, -0.2) is 24.2 Å². The molecule has 0 aromatic heterocycles. The third kappa shape index (κ3) is 2.39. The Hall–Kier alpha value is -1.22. The lowest BCUT2D eigenvalue weighted by Gasteiger charge is -2.23. The molecule has 1 N–H and O–H groups in total. The van der Waals surface area contributed by atoms with Crippen molar-refractivity contribution in [3.8, 4) is 0 Å². The molecule has 14 heavy (non-hydrogen) atoms. The molecule has 1 rings (SSSR count). The molecule has 1 aromatic rings. The van der Waals surface area contributed by atoms with Crippen LogP contribution in [0.2, 0.25) is 5.02 Å². The summed E-state index contributed by atoms with van der Waals surface area (Å²) in [7, 11) is 1.74. The van der Waals surface area contributed by atoms with Crippen molar-refractivity contribution in [3.63, 3.8) is 0 Å². The molecule has 0 amide bonds. The number of hydrogen-bond acceptors (Lipinski definition) is 2. The summed E-state index contributed by atoms with van der Waals surface area (Å²) in [6.45, 7) is 1.64. The molecule has 3 nitrogen and oxygen atoms in total. The Morgan fingerprint density at radius 2 is 1.93 bits per heavy atom. The van der Waals surface area contributed by atoms with E-state index in [-0.39, 0.29) is 0 Å². The van der Waals surface area contributed by atoms with E-state index in [1.54, 1.807) is 43.1 Å². The highest BCUT2D eigenvalue weighted by atomic mass is 35.5. The van der Waals surface area contributed by atoms with Gasteiger partial charge in [-0.3, -0.25) is 0 Å². The molecule has 76 valence electrons. The number of nitrogens with zero attached hydrogens (tertiary/aromatic N) is 1. The van der Waals surface area contributed by atoms with Crippen LogP contribution in [0.5, 0.6) is 0 Å². The molecule has 0 aliphatic carbocycles. The third-order valence-electron chi connectivity index (χ3n) is 2.17. The molecular weight excluding hydrogens is 202 g/mol. The van der Waals surface area contributed by atoms with Gasteiger partial charge in [-0.2, -0.15) is 0 Å². The Morgan fingerprint density at radius 1 is 1.43 bits per heavy atom. The lowest BCUT2D eigenvalue weighted by Crippen LogP contribution is -2.35. The maximum Gasteiger partial charge on any atom is 0.326 e. The Balaban J connectivity index is 2.84. The fourth-order valence-electron chi connectivity index (χ4n) is 1.07. The van der Waals surface area contributed by atoms with E-state index in [1.165, 1.54) is 0 Å². The summed E-state index contributed by atoms with van der Waals surface area (Å²) in [6, 6.07) is 6.52. The molecule has 0 spiro atoms. The molecule has 1 aromatic carbocycles. The number of benzene rings is 1. The SMILES string of the molecule is C[C@@H](C(=O)O)N(C)c1ccc(Cl)cc1. The van der Waals surface area contributed by atoms with Crippen molar-refractivity contribution < 1.29 is 9.90 Å². The summed E-state index contributed by atoms with van der Waals surface area (Å²) >= 11 is 5.72. The van der Waals surface area contributed by atoms with Crippen LogP contribution >= 0.6 is 11.6 Å². The van der Waals surface area contributed by atoms with Crippen molar-refractivity contribution >= 4 is 23.3 Å². The number of halogens is 1. The van der Waals surface area contributed by atoms with Crippen molar-refractivity contribution in [2.75, 3.05) is 11.9 Å². The van der Waals surface area contributed by atoms with E-state index in [0.29, 0.717) is 5.02 Å². The minimum Gasteiger partial charge on any atom is -0.480 e. The first-order valence-corrected chi connectivity index (χ1v) is 4.61. The monoisotopic (exact) mass is 213 g/mol. The van der Waals surface area contributed by atoms with Gasteiger partial charge in [-0.15, -0.1) is 0 Å². The first kappa shape index (κ1) is 10.9. The predicted octanol–water partition coefficient (Wildman–Crippen LogP) is 2.25. The van der Waals surface area contributed by atoms with Crippen molar-refractivity contribution in [2.24, 2.45) is 0 Å². The molecule has 0 radical (unpaired) electrons. The van der Waals surface area contributed by atoms with E-state index >= 15 is 0 Å². The maximum absolute atomic E-state index is 10.7. The summed E-state index contributed by atoms with van der Waals surface area (Å²) < 4.78 is 0. The summed E-state index contributed by atoms with van der Waals surface area (Å²) in [5, 5.41) is 9.44. The van der Waals surface area contributed by atoms with Gasteiger partial charge in [-0.05, 0) is 31.2 Å². The highest BCUT2D eigenvalue weighted by Crippen LogP contribution is 2.18. The van der Waals surface area contributed by atoms with Gasteiger partial charge < -0.3 is 10.0 Å². The quantitative estimate of drug-likeness (QED) is 0.837. The van der Waals surface area contributed by atoms with Crippen molar-refractivity contribution in [1.29, 1.82) is 0 Å². The van der Waals surface area contributed by atoms with Gasteiger partial charge in [-0.1, -0.05) is 11.6 Å². The van der Waals surface area contributed by atoms with Gasteiger partial charge in [0.15, 0.2) is 0 Å². The lowest BCUT2D eigenvalue weighted by atomic mass is 10.2. The van der Waals surface area contributed by atoms with Gasteiger partial charge in [0.1, 0.15) is 6.04 Å². The lowest BCUT2D eigenvalue weighted by molar-refractivity contribution is -0.138. The summed E-state index contributed by atoms with van der Waals surface area (Å²) in [4.78, 5) is 12.4. The molecule has 1 atom stereocenters. The first-order chi connectivity index (χ1) is 6.52. The third-order valence-corrected chi connectivity index (χ3v) is 2.42. The Kier molecular flexibility index (Phi) is 3.36. The highest BCUT2D eigenvalue weighted by Gasteiger charge is 2.16. The Morgan fingerprint density at radius 3 is 2.36 bits per heavy atom. The molecular formula is C10H12ClNO2. The summed E-state index contributed by atoms with van der Waals surface area (Å²) in [5.74, 6) is -0.845. The Bertz CT molecular complexity index is 323. The zero-order chi connectivity index (χ0) is 10.7. The van der Waals surface area contributed by atoms with Crippen LogP contribution in [0.1, 0.15) is 6.92 Å². The molecule has 0 saturated carbocycles. The minimum absolute atomic E-state index is 0.545. The number of likely N-dealkylation sites (N-methyl/N-ethyl adjacent to an activating group) is 1. The molecule has 4 heteroatoms. The van der Waals surface area contributed by atoms with Gasteiger partial charge in [0.05, 0.1) is 0 Å². The van der Waals surface area contributed by atoms with Crippen molar-refractivity contribution in [1.82, 2.24) is 0 Å². The second-order valence-electron chi connectivity index (χ2n) is 3.10. The minimum atomic E-state index is -0.845. The van der Waals surface area contributed by atoms with Crippen LogP contribution in [0, 0.1) is 0 Å².